The van der Waals surface area contributed by atoms with Gasteiger partial charge in [-0.3, -0.25) is 14.6 Å². The number of anilines is 2. The molecule has 276 valence electrons. The van der Waals surface area contributed by atoms with Crippen molar-refractivity contribution in [3.8, 4) is 0 Å². The number of ketones is 1. The zero-order chi connectivity index (χ0) is 37.0. The number of nitrogens with zero attached hydrogens (tertiary/aromatic N) is 4. The van der Waals surface area contributed by atoms with Crippen molar-refractivity contribution in [2.75, 3.05) is 75.2 Å². The van der Waals surface area contributed by atoms with E-state index < -0.39 is 35.3 Å². The lowest BCUT2D eigenvalue weighted by Crippen LogP contribution is -2.50. The van der Waals surface area contributed by atoms with Gasteiger partial charge in [0.05, 0.1) is 23.0 Å². The van der Waals surface area contributed by atoms with Crippen LogP contribution >= 0.6 is 0 Å². The van der Waals surface area contributed by atoms with Crippen molar-refractivity contribution in [2.24, 2.45) is 0 Å². The van der Waals surface area contributed by atoms with Gasteiger partial charge in [0.1, 0.15) is 5.78 Å². The molecule has 2 unspecified atom stereocenters. The third-order valence-electron chi connectivity index (χ3n) is 10.3. The van der Waals surface area contributed by atoms with Gasteiger partial charge in [0.15, 0.2) is 0 Å². The Bertz CT molecular complexity index is 1700. The summed E-state index contributed by atoms with van der Waals surface area (Å²) >= 11 is 0. The molecule has 2 fully saturated rings. The highest BCUT2D eigenvalue weighted by Crippen LogP contribution is 2.35. The average Bonchev–Trinajstić information content (AvgIpc) is 3.12. The molecule has 2 saturated heterocycles. The van der Waals surface area contributed by atoms with Crippen molar-refractivity contribution in [1.29, 1.82) is 0 Å². The molecule has 0 spiro atoms. The van der Waals surface area contributed by atoms with Gasteiger partial charge in [-0.05, 0) is 61.4 Å². The molecular formula is C41H44F6N4O. The predicted octanol–water partition coefficient (Wildman–Crippen LogP) is 8.42. The van der Waals surface area contributed by atoms with Crippen LogP contribution in [0, 0.1) is 13.8 Å². The number of hydrogen-bond donors (Lipinski definition) is 0. The summed E-state index contributed by atoms with van der Waals surface area (Å²) in [5.74, 6) is -0.800. The molecule has 11 heteroatoms. The fourth-order valence-corrected chi connectivity index (χ4v) is 7.39. The second kappa shape index (κ2) is 15.7. The smallest absolute Gasteiger partial charge is 0.369 e. The van der Waals surface area contributed by atoms with Crippen LogP contribution in [0.4, 0.5) is 37.7 Å². The SMILES string of the molecule is Cc1cccc(C(CN2CCN(c3cccc(C(F)(F)F)c3)CC2)C(=O)C(CN2CCN(c3cccc(C(F)(F)F)c3)CC2)c2cccc(C)c2)c1. The molecule has 4 aromatic carbocycles. The van der Waals surface area contributed by atoms with Gasteiger partial charge in [-0.15, -0.1) is 0 Å². The maximum absolute atomic E-state index is 15.0. The number of benzene rings is 4. The Morgan fingerprint density at radius 1 is 0.538 bits per heavy atom. The Labute approximate surface area is 301 Å². The van der Waals surface area contributed by atoms with Gasteiger partial charge in [0.25, 0.3) is 0 Å². The maximum Gasteiger partial charge on any atom is 0.416 e. The lowest BCUT2D eigenvalue weighted by molar-refractivity contribution is -0.138. The summed E-state index contributed by atoms with van der Waals surface area (Å²) in [7, 11) is 0. The standard InChI is InChI=1S/C41H44F6N4O/c1-29-7-3-9-31(23-29)37(27-48-15-19-50(20-16-48)35-13-5-11-33(25-35)40(42,43)44)39(52)38(32-10-4-8-30(2)24-32)28-49-17-21-51(22-18-49)36-14-6-12-34(26-36)41(45,46)47/h3-14,23-26,37-38H,15-22,27-28H2,1-2H3. The molecule has 0 N–H and O–H groups in total. The number of rotatable bonds is 10. The molecule has 2 aliphatic rings. The molecule has 2 atom stereocenters. The fraction of sp³-hybridized carbons (Fsp3) is 0.390. The normalized spacial score (nSPS) is 17.6. The van der Waals surface area contributed by atoms with Gasteiger partial charge in [-0.25, -0.2) is 0 Å². The van der Waals surface area contributed by atoms with E-state index in [0.717, 1.165) is 34.4 Å². The van der Waals surface area contributed by atoms with Gasteiger partial charge >= 0.3 is 12.4 Å². The summed E-state index contributed by atoms with van der Waals surface area (Å²) in [6.45, 7) is 9.48. The zero-order valence-electron chi connectivity index (χ0n) is 29.4. The molecule has 0 bridgehead atoms. The van der Waals surface area contributed by atoms with Crippen LogP contribution in [0.25, 0.3) is 0 Å². The summed E-state index contributed by atoms with van der Waals surface area (Å²) in [6, 6.07) is 26.9. The summed E-state index contributed by atoms with van der Waals surface area (Å²) in [5, 5.41) is 0. The van der Waals surface area contributed by atoms with Crippen LogP contribution in [0.2, 0.25) is 0 Å². The summed E-state index contributed by atoms with van der Waals surface area (Å²) in [4.78, 5) is 23.4. The molecule has 2 aliphatic heterocycles. The largest absolute Gasteiger partial charge is 0.416 e. The first-order chi connectivity index (χ1) is 24.7. The molecule has 4 aromatic rings. The quantitative estimate of drug-likeness (QED) is 0.154. The van der Waals surface area contributed by atoms with Gasteiger partial charge in [0, 0.05) is 76.8 Å². The van der Waals surface area contributed by atoms with Gasteiger partial charge in [0.2, 0.25) is 0 Å². The van der Waals surface area contributed by atoms with Crippen molar-refractivity contribution in [3.05, 3.63) is 130 Å². The predicted molar refractivity (Wildman–Crippen MR) is 193 cm³/mol. The van der Waals surface area contributed by atoms with Crippen molar-refractivity contribution < 1.29 is 31.1 Å². The monoisotopic (exact) mass is 722 g/mol. The highest BCUT2D eigenvalue weighted by molar-refractivity contribution is 5.92. The molecule has 6 rings (SSSR count). The number of carbonyl (C=O) groups is 1. The Morgan fingerprint density at radius 3 is 1.25 bits per heavy atom. The number of halogens is 6. The first-order valence-corrected chi connectivity index (χ1v) is 17.7. The van der Waals surface area contributed by atoms with E-state index in [4.69, 9.17) is 0 Å². The minimum absolute atomic E-state index is 0.0943. The summed E-state index contributed by atoms with van der Waals surface area (Å²) < 4.78 is 80.4. The lowest BCUT2D eigenvalue weighted by atomic mass is 9.82. The second-order valence-electron chi connectivity index (χ2n) is 14.0. The Kier molecular flexibility index (Phi) is 11.3. The minimum Gasteiger partial charge on any atom is -0.369 e. The summed E-state index contributed by atoms with van der Waals surface area (Å²) in [6.07, 6.45) is -8.83. The molecule has 5 nitrogen and oxygen atoms in total. The molecule has 0 saturated carbocycles. The molecule has 0 aliphatic carbocycles. The van der Waals surface area contributed by atoms with E-state index in [1.54, 1.807) is 12.1 Å². The highest BCUT2D eigenvalue weighted by Gasteiger charge is 2.35. The van der Waals surface area contributed by atoms with Crippen LogP contribution in [-0.4, -0.2) is 81.0 Å². The number of hydrogen-bond acceptors (Lipinski definition) is 5. The van der Waals surface area contributed by atoms with Crippen LogP contribution < -0.4 is 9.80 Å². The second-order valence-corrected chi connectivity index (χ2v) is 14.0. The Morgan fingerprint density at radius 2 is 0.904 bits per heavy atom. The molecular weight excluding hydrogens is 678 g/mol. The van der Waals surface area contributed by atoms with E-state index in [9.17, 15) is 31.1 Å². The van der Waals surface area contributed by atoms with Gasteiger partial charge in [-0.1, -0.05) is 71.8 Å². The third kappa shape index (κ3) is 9.16. The van der Waals surface area contributed by atoms with E-state index in [2.05, 4.69) is 21.9 Å². The molecule has 0 amide bonds. The number of carbonyl (C=O) groups excluding carboxylic acids is 1. The van der Waals surface area contributed by atoms with E-state index in [1.165, 1.54) is 24.3 Å². The van der Waals surface area contributed by atoms with Crippen LogP contribution in [0.1, 0.15) is 45.2 Å². The lowest BCUT2D eigenvalue weighted by Gasteiger charge is -2.39. The van der Waals surface area contributed by atoms with E-state index in [-0.39, 0.29) is 5.78 Å². The van der Waals surface area contributed by atoms with Crippen molar-refractivity contribution in [1.82, 2.24) is 9.80 Å². The topological polar surface area (TPSA) is 30.0 Å². The van der Waals surface area contributed by atoms with E-state index >= 15 is 0 Å². The zero-order valence-corrected chi connectivity index (χ0v) is 29.4. The number of piperazine rings is 2. The Hall–Kier alpha value is -4.35. The third-order valence-corrected chi connectivity index (χ3v) is 10.3. The van der Waals surface area contributed by atoms with Gasteiger partial charge in [-0.2, -0.15) is 26.3 Å². The van der Waals surface area contributed by atoms with Gasteiger partial charge < -0.3 is 9.80 Å². The first-order valence-electron chi connectivity index (χ1n) is 17.7. The number of aryl methyl sites for hydroxylation is 2. The molecule has 2 heterocycles. The van der Waals surface area contributed by atoms with Crippen LogP contribution in [0.3, 0.4) is 0 Å². The molecule has 0 radical (unpaired) electrons. The molecule has 52 heavy (non-hydrogen) atoms. The first kappa shape index (κ1) is 37.4. The van der Waals surface area contributed by atoms with Crippen LogP contribution in [0.5, 0.6) is 0 Å². The van der Waals surface area contributed by atoms with Crippen molar-refractivity contribution >= 4 is 17.2 Å². The fourth-order valence-electron chi connectivity index (χ4n) is 7.39. The minimum atomic E-state index is -4.41. The number of Topliss-reactive ketones (excluding diaryl/α,β-unsaturated/α-hetero) is 1. The van der Waals surface area contributed by atoms with Crippen LogP contribution in [0.15, 0.2) is 97.1 Å². The number of alkyl halides is 6. The van der Waals surface area contributed by atoms with Crippen molar-refractivity contribution in [2.45, 2.75) is 38.0 Å². The highest BCUT2D eigenvalue weighted by atomic mass is 19.4. The Balaban J connectivity index is 1.19. The van der Waals surface area contributed by atoms with E-state index in [1.807, 2.05) is 60.0 Å². The summed E-state index contributed by atoms with van der Waals surface area (Å²) in [5.41, 5.74) is 3.68. The maximum atomic E-state index is 15.0. The van der Waals surface area contributed by atoms with Crippen molar-refractivity contribution in [3.63, 3.8) is 0 Å². The van der Waals surface area contributed by atoms with Crippen LogP contribution in [-0.2, 0) is 17.1 Å². The average molecular weight is 723 g/mol. The van der Waals surface area contributed by atoms with E-state index in [0.29, 0.717) is 76.8 Å². The molecule has 0 aromatic heterocycles.